The highest BCUT2D eigenvalue weighted by molar-refractivity contribution is 7.98. The fourth-order valence-corrected chi connectivity index (χ4v) is 4.06. The first-order valence-corrected chi connectivity index (χ1v) is 8.53. The molecule has 2 aromatic rings. The van der Waals surface area contributed by atoms with E-state index < -0.39 is 0 Å². The molecule has 0 saturated carbocycles. The van der Waals surface area contributed by atoms with Gasteiger partial charge in [0.15, 0.2) is 0 Å². The third kappa shape index (κ3) is 2.21. The number of amides is 1. The Bertz CT molecular complexity index is 678. The minimum atomic E-state index is 0.0402. The van der Waals surface area contributed by atoms with Crippen molar-refractivity contribution in [3.8, 4) is 0 Å². The van der Waals surface area contributed by atoms with Crippen molar-refractivity contribution in [2.24, 2.45) is 0 Å². The monoisotopic (exact) mass is 304 g/mol. The number of benzene rings is 1. The summed E-state index contributed by atoms with van der Waals surface area (Å²) in [5.74, 6) is 0.0402. The lowest BCUT2D eigenvalue weighted by molar-refractivity contribution is 0.0962. The second-order valence-electron chi connectivity index (χ2n) is 4.63. The van der Waals surface area contributed by atoms with E-state index in [-0.39, 0.29) is 5.91 Å². The number of anilines is 1. The van der Waals surface area contributed by atoms with Crippen LogP contribution < -0.4 is 10.2 Å². The number of nitrogens with one attached hydrogen (secondary N) is 1. The van der Waals surface area contributed by atoms with Crippen LogP contribution in [0.25, 0.3) is 10.1 Å². The van der Waals surface area contributed by atoms with Crippen LogP contribution in [0.2, 0.25) is 0 Å². The van der Waals surface area contributed by atoms with Gasteiger partial charge in [-0.2, -0.15) is 0 Å². The molecule has 0 radical (unpaired) electrons. The maximum absolute atomic E-state index is 12.2. The van der Waals surface area contributed by atoms with Gasteiger partial charge in [0.25, 0.3) is 5.91 Å². The number of fused-ring (bicyclic) bond motifs is 3. The van der Waals surface area contributed by atoms with Gasteiger partial charge in [0.05, 0.1) is 5.69 Å². The van der Waals surface area contributed by atoms with E-state index in [0.717, 1.165) is 23.7 Å². The summed E-state index contributed by atoms with van der Waals surface area (Å²) in [4.78, 5) is 16.5. The largest absolute Gasteiger partial charge is 0.364 e. The Morgan fingerprint density at radius 3 is 3.15 bits per heavy atom. The molecule has 3 nitrogen and oxygen atoms in total. The summed E-state index contributed by atoms with van der Waals surface area (Å²) in [6.45, 7) is 6.09. The van der Waals surface area contributed by atoms with Gasteiger partial charge < -0.3 is 10.2 Å². The van der Waals surface area contributed by atoms with Crippen molar-refractivity contribution in [1.29, 1.82) is 0 Å². The van der Waals surface area contributed by atoms with Gasteiger partial charge in [-0.1, -0.05) is 6.08 Å². The Labute approximate surface area is 126 Å². The minimum absolute atomic E-state index is 0.0402. The number of thioether (sulfide) groups is 1. The summed E-state index contributed by atoms with van der Waals surface area (Å²) in [5, 5.41) is 4.15. The fourth-order valence-electron chi connectivity index (χ4n) is 2.49. The zero-order chi connectivity index (χ0) is 14.1. The molecule has 2 heterocycles. The summed E-state index contributed by atoms with van der Waals surface area (Å²) in [6, 6.07) is 6.41. The second kappa shape index (κ2) is 5.50. The first-order valence-electron chi connectivity index (χ1n) is 6.49. The normalized spacial score (nSPS) is 14.8. The minimum Gasteiger partial charge on any atom is -0.364 e. The zero-order valence-electron chi connectivity index (χ0n) is 11.3. The van der Waals surface area contributed by atoms with Crippen LogP contribution in [0.15, 0.2) is 35.7 Å². The molecule has 0 aliphatic carbocycles. The summed E-state index contributed by atoms with van der Waals surface area (Å²) >= 11 is 3.30. The van der Waals surface area contributed by atoms with Crippen molar-refractivity contribution in [1.82, 2.24) is 5.32 Å². The van der Waals surface area contributed by atoms with Crippen LogP contribution >= 0.6 is 23.1 Å². The lowest BCUT2D eigenvalue weighted by Crippen LogP contribution is -2.30. The van der Waals surface area contributed by atoms with E-state index in [4.69, 9.17) is 0 Å². The molecule has 1 amide bonds. The SMILES string of the molecule is C=CCN1CCNC(=O)c2sc3ccc(SC)cc3c21. The molecule has 20 heavy (non-hydrogen) atoms. The molecule has 0 spiro atoms. The maximum atomic E-state index is 12.2. The molecule has 1 N–H and O–H groups in total. The first kappa shape index (κ1) is 13.5. The quantitative estimate of drug-likeness (QED) is 0.697. The smallest absolute Gasteiger partial charge is 0.263 e. The van der Waals surface area contributed by atoms with Gasteiger partial charge in [0, 0.05) is 34.6 Å². The van der Waals surface area contributed by atoms with E-state index in [1.165, 1.54) is 15.0 Å². The van der Waals surface area contributed by atoms with Crippen molar-refractivity contribution in [2.45, 2.75) is 4.90 Å². The standard InChI is InChI=1S/C15H16N2OS2/c1-3-7-17-8-6-16-15(18)14-13(17)11-9-10(19-2)4-5-12(11)20-14/h3-5,9H,1,6-8H2,2H3,(H,16,18). The first-order chi connectivity index (χ1) is 9.74. The van der Waals surface area contributed by atoms with Crippen molar-refractivity contribution >= 4 is 44.8 Å². The fraction of sp³-hybridized carbons (Fsp3) is 0.267. The van der Waals surface area contributed by atoms with Crippen molar-refractivity contribution in [3.63, 3.8) is 0 Å². The van der Waals surface area contributed by atoms with E-state index >= 15 is 0 Å². The zero-order valence-corrected chi connectivity index (χ0v) is 12.9. The summed E-state index contributed by atoms with van der Waals surface area (Å²) in [5.41, 5.74) is 1.07. The topological polar surface area (TPSA) is 32.3 Å². The highest BCUT2D eigenvalue weighted by Gasteiger charge is 2.25. The van der Waals surface area contributed by atoms with E-state index in [1.54, 1.807) is 23.1 Å². The van der Waals surface area contributed by atoms with Crippen LogP contribution in [0.3, 0.4) is 0 Å². The van der Waals surface area contributed by atoms with E-state index in [1.807, 2.05) is 6.08 Å². The Balaban J connectivity index is 2.24. The molecule has 104 valence electrons. The lowest BCUT2D eigenvalue weighted by atomic mass is 10.2. The van der Waals surface area contributed by atoms with Crippen LogP contribution in [0, 0.1) is 0 Å². The van der Waals surface area contributed by atoms with Gasteiger partial charge in [-0.25, -0.2) is 0 Å². The number of thiophene rings is 1. The molecule has 1 aromatic carbocycles. The van der Waals surface area contributed by atoms with Crippen molar-refractivity contribution in [2.75, 3.05) is 30.8 Å². The molecule has 0 saturated heterocycles. The average molecular weight is 304 g/mol. The van der Waals surface area contributed by atoms with Gasteiger partial charge in [-0.15, -0.1) is 29.7 Å². The molecule has 1 aromatic heterocycles. The van der Waals surface area contributed by atoms with Crippen LogP contribution in [0.4, 0.5) is 5.69 Å². The number of carbonyl (C=O) groups excluding carboxylic acids is 1. The van der Waals surface area contributed by atoms with E-state index in [9.17, 15) is 4.79 Å². The number of carbonyl (C=O) groups is 1. The van der Waals surface area contributed by atoms with Crippen LogP contribution in [-0.2, 0) is 0 Å². The van der Waals surface area contributed by atoms with Gasteiger partial charge >= 0.3 is 0 Å². The number of hydrogen-bond acceptors (Lipinski definition) is 4. The molecule has 0 atom stereocenters. The van der Waals surface area contributed by atoms with E-state index in [2.05, 4.69) is 41.3 Å². The van der Waals surface area contributed by atoms with Crippen LogP contribution in [0.1, 0.15) is 9.67 Å². The maximum Gasteiger partial charge on any atom is 0.263 e. The molecule has 5 heteroatoms. The molecular formula is C15H16N2OS2. The Morgan fingerprint density at radius 2 is 2.40 bits per heavy atom. The predicted octanol–water partition coefficient (Wildman–Crippen LogP) is 3.36. The lowest BCUT2D eigenvalue weighted by Gasteiger charge is -2.21. The van der Waals surface area contributed by atoms with Gasteiger partial charge in [0.2, 0.25) is 0 Å². The molecule has 3 rings (SSSR count). The average Bonchev–Trinajstić information content (AvgIpc) is 2.77. The molecule has 1 aliphatic rings. The molecular weight excluding hydrogens is 288 g/mol. The second-order valence-corrected chi connectivity index (χ2v) is 6.56. The summed E-state index contributed by atoms with van der Waals surface area (Å²) in [6.07, 6.45) is 3.96. The summed E-state index contributed by atoms with van der Waals surface area (Å²) < 4.78 is 1.17. The Hall–Kier alpha value is -1.46. The third-order valence-electron chi connectivity index (χ3n) is 3.41. The van der Waals surface area contributed by atoms with Crippen molar-refractivity contribution in [3.05, 3.63) is 35.7 Å². The number of nitrogens with zero attached hydrogens (tertiary/aromatic N) is 1. The highest BCUT2D eigenvalue weighted by Crippen LogP contribution is 2.40. The molecule has 0 fully saturated rings. The Kier molecular flexibility index (Phi) is 3.72. The van der Waals surface area contributed by atoms with Gasteiger partial charge in [0.1, 0.15) is 4.88 Å². The van der Waals surface area contributed by atoms with Gasteiger partial charge in [-0.3, -0.25) is 4.79 Å². The Morgan fingerprint density at radius 1 is 1.55 bits per heavy atom. The van der Waals surface area contributed by atoms with E-state index in [0.29, 0.717) is 6.54 Å². The van der Waals surface area contributed by atoms with Crippen LogP contribution in [0.5, 0.6) is 0 Å². The summed E-state index contributed by atoms with van der Waals surface area (Å²) in [7, 11) is 0. The highest BCUT2D eigenvalue weighted by atomic mass is 32.2. The number of rotatable bonds is 3. The van der Waals surface area contributed by atoms with Gasteiger partial charge in [-0.05, 0) is 24.5 Å². The third-order valence-corrected chi connectivity index (χ3v) is 5.29. The molecule has 0 bridgehead atoms. The molecule has 1 aliphatic heterocycles. The molecule has 0 unspecified atom stereocenters. The van der Waals surface area contributed by atoms with Crippen molar-refractivity contribution < 1.29 is 4.79 Å². The number of hydrogen-bond donors (Lipinski definition) is 1. The van der Waals surface area contributed by atoms with Crippen LogP contribution in [-0.4, -0.2) is 31.8 Å². The predicted molar refractivity (Wildman–Crippen MR) is 88.3 cm³/mol.